The number of primary sulfonamides is 1. The lowest BCUT2D eigenvalue weighted by molar-refractivity contribution is 0.0650. The molecule has 0 unspecified atom stereocenters. The summed E-state index contributed by atoms with van der Waals surface area (Å²) in [6, 6.07) is 10.3. The van der Waals surface area contributed by atoms with Gasteiger partial charge < -0.3 is 9.64 Å². The SMILES string of the molecule is COc1ccccc1N1CCN(CCCCN2C(=O)c3cc(Cl)c(S(N)(=O)=O)cc3C2=O)CC1. The number of para-hydroxylation sites is 2. The van der Waals surface area contributed by atoms with E-state index in [2.05, 4.69) is 15.9 Å². The molecule has 4 rings (SSSR count). The largest absolute Gasteiger partial charge is 0.495 e. The van der Waals surface area contributed by atoms with Crippen LogP contribution in [0.2, 0.25) is 5.02 Å². The van der Waals surface area contributed by atoms with Crippen molar-refractivity contribution in [2.24, 2.45) is 5.14 Å². The predicted octanol–water partition coefficient (Wildman–Crippen LogP) is 2.19. The van der Waals surface area contributed by atoms with E-state index in [-0.39, 0.29) is 27.6 Å². The molecule has 2 aliphatic heterocycles. The number of halogens is 1. The van der Waals surface area contributed by atoms with E-state index in [4.69, 9.17) is 21.5 Å². The number of benzene rings is 2. The molecule has 1 fully saturated rings. The van der Waals surface area contributed by atoms with E-state index in [1.54, 1.807) is 7.11 Å². The number of rotatable bonds is 8. The number of imide groups is 1. The minimum absolute atomic E-state index is 0.0193. The van der Waals surface area contributed by atoms with E-state index in [0.29, 0.717) is 6.42 Å². The van der Waals surface area contributed by atoms with Crippen LogP contribution >= 0.6 is 11.6 Å². The molecule has 0 bridgehead atoms. The number of hydrogen-bond donors (Lipinski definition) is 1. The highest BCUT2D eigenvalue weighted by molar-refractivity contribution is 7.89. The summed E-state index contributed by atoms with van der Waals surface area (Å²) in [7, 11) is -2.42. The summed E-state index contributed by atoms with van der Waals surface area (Å²) in [4.78, 5) is 30.9. The Morgan fingerprint density at radius 3 is 2.24 bits per heavy atom. The first-order chi connectivity index (χ1) is 16.2. The summed E-state index contributed by atoms with van der Waals surface area (Å²) in [5.41, 5.74) is 1.22. The van der Waals surface area contributed by atoms with Crippen LogP contribution in [0.3, 0.4) is 0 Å². The van der Waals surface area contributed by atoms with Gasteiger partial charge in [-0.15, -0.1) is 0 Å². The van der Waals surface area contributed by atoms with Gasteiger partial charge in [0.05, 0.1) is 28.9 Å². The van der Waals surface area contributed by atoms with Crippen molar-refractivity contribution in [3.63, 3.8) is 0 Å². The first kappa shape index (κ1) is 24.5. The van der Waals surface area contributed by atoms with E-state index in [1.165, 1.54) is 6.07 Å². The van der Waals surface area contributed by atoms with Crippen molar-refractivity contribution in [1.29, 1.82) is 0 Å². The second-order valence-corrected chi connectivity index (χ2v) is 10.3. The second kappa shape index (κ2) is 9.91. The summed E-state index contributed by atoms with van der Waals surface area (Å²) in [6.45, 7) is 4.75. The molecular weight excluding hydrogens is 480 g/mol. The van der Waals surface area contributed by atoms with E-state index >= 15 is 0 Å². The molecule has 0 aromatic heterocycles. The van der Waals surface area contributed by atoms with Gasteiger partial charge in [-0.3, -0.25) is 19.4 Å². The van der Waals surface area contributed by atoms with Gasteiger partial charge in [0.15, 0.2) is 0 Å². The highest BCUT2D eigenvalue weighted by Crippen LogP contribution is 2.31. The number of piperazine rings is 1. The number of anilines is 1. The van der Waals surface area contributed by atoms with Crippen molar-refractivity contribution in [1.82, 2.24) is 9.80 Å². The van der Waals surface area contributed by atoms with Crippen LogP contribution in [0.4, 0.5) is 5.69 Å². The van der Waals surface area contributed by atoms with Crippen molar-refractivity contribution in [2.45, 2.75) is 17.7 Å². The summed E-state index contributed by atoms with van der Waals surface area (Å²) in [5.74, 6) is -0.116. The maximum atomic E-state index is 12.7. The Morgan fingerprint density at radius 1 is 0.971 bits per heavy atom. The topological polar surface area (TPSA) is 113 Å². The number of methoxy groups -OCH3 is 1. The van der Waals surface area contributed by atoms with Crippen LogP contribution < -0.4 is 14.8 Å². The van der Waals surface area contributed by atoms with Crippen LogP contribution in [0.15, 0.2) is 41.3 Å². The molecule has 2 N–H and O–H groups in total. The minimum Gasteiger partial charge on any atom is -0.495 e. The average Bonchev–Trinajstić information content (AvgIpc) is 3.04. The van der Waals surface area contributed by atoms with Crippen molar-refractivity contribution in [3.8, 4) is 5.75 Å². The molecule has 0 atom stereocenters. The summed E-state index contributed by atoms with van der Waals surface area (Å²) < 4.78 is 28.8. The van der Waals surface area contributed by atoms with Gasteiger partial charge in [0.25, 0.3) is 11.8 Å². The van der Waals surface area contributed by atoms with Crippen LogP contribution in [-0.4, -0.2) is 76.4 Å². The number of nitrogens with two attached hydrogens (primary N) is 1. The molecule has 0 saturated carbocycles. The number of ether oxygens (including phenoxy) is 1. The minimum atomic E-state index is -4.10. The summed E-state index contributed by atoms with van der Waals surface area (Å²) in [5, 5.41) is 4.99. The quantitative estimate of drug-likeness (QED) is 0.431. The highest BCUT2D eigenvalue weighted by atomic mass is 35.5. The summed E-state index contributed by atoms with van der Waals surface area (Å²) >= 11 is 5.98. The molecular formula is C23H27ClN4O5S. The third-order valence-corrected chi connectivity index (χ3v) is 7.61. The Labute approximate surface area is 204 Å². The molecule has 182 valence electrons. The van der Waals surface area contributed by atoms with Crippen molar-refractivity contribution in [2.75, 3.05) is 51.3 Å². The Kier molecular flexibility index (Phi) is 7.13. The van der Waals surface area contributed by atoms with Crippen molar-refractivity contribution >= 4 is 39.1 Å². The van der Waals surface area contributed by atoms with Gasteiger partial charge >= 0.3 is 0 Å². The van der Waals surface area contributed by atoms with E-state index in [9.17, 15) is 18.0 Å². The van der Waals surface area contributed by atoms with Crippen molar-refractivity contribution in [3.05, 3.63) is 52.5 Å². The molecule has 2 aromatic rings. The first-order valence-corrected chi connectivity index (χ1v) is 13.0. The summed E-state index contributed by atoms with van der Waals surface area (Å²) in [6.07, 6.45) is 1.47. The fourth-order valence-corrected chi connectivity index (χ4v) is 5.52. The number of sulfonamides is 1. The van der Waals surface area contributed by atoms with Gasteiger partial charge in [-0.1, -0.05) is 23.7 Å². The Morgan fingerprint density at radius 2 is 1.59 bits per heavy atom. The number of carbonyl (C=O) groups is 2. The number of carbonyl (C=O) groups excluding carboxylic acids is 2. The van der Waals surface area contributed by atoms with Crippen LogP contribution in [0.25, 0.3) is 0 Å². The van der Waals surface area contributed by atoms with Crippen molar-refractivity contribution < 1.29 is 22.7 Å². The van der Waals surface area contributed by atoms with Gasteiger partial charge in [0, 0.05) is 32.7 Å². The van der Waals surface area contributed by atoms with Gasteiger partial charge in [-0.05, 0) is 43.7 Å². The number of nitrogens with zero attached hydrogens (tertiary/aromatic N) is 3. The smallest absolute Gasteiger partial charge is 0.261 e. The fourth-order valence-electron chi connectivity index (χ4n) is 4.42. The molecule has 1 saturated heterocycles. The third kappa shape index (κ3) is 4.90. The maximum Gasteiger partial charge on any atom is 0.261 e. The molecule has 11 heteroatoms. The Bertz CT molecular complexity index is 1210. The maximum absolute atomic E-state index is 12.7. The number of fused-ring (bicyclic) bond motifs is 1. The highest BCUT2D eigenvalue weighted by Gasteiger charge is 2.37. The lowest BCUT2D eigenvalue weighted by Gasteiger charge is -2.36. The Hall–Kier alpha value is -2.66. The molecule has 0 radical (unpaired) electrons. The molecule has 2 amide bonds. The molecule has 0 aliphatic carbocycles. The lowest BCUT2D eigenvalue weighted by Crippen LogP contribution is -2.46. The number of amides is 2. The van der Waals surface area contributed by atoms with Gasteiger partial charge in [0.2, 0.25) is 10.0 Å². The second-order valence-electron chi connectivity index (χ2n) is 8.34. The van der Waals surface area contributed by atoms with Gasteiger partial charge in [-0.25, -0.2) is 13.6 Å². The van der Waals surface area contributed by atoms with E-state index in [0.717, 1.165) is 61.5 Å². The van der Waals surface area contributed by atoms with E-state index in [1.807, 2.05) is 18.2 Å². The monoisotopic (exact) mass is 506 g/mol. The molecule has 2 heterocycles. The lowest BCUT2D eigenvalue weighted by atomic mass is 10.1. The fraction of sp³-hybridized carbons (Fsp3) is 0.391. The standard InChI is InChI=1S/C23H27ClN4O5S/c1-33-20-7-3-2-6-19(20)27-12-10-26(11-13-27)8-4-5-9-28-22(29)16-14-18(24)21(34(25,31)32)15-17(16)23(28)30/h2-3,6-7,14-15H,4-5,8-13H2,1H3,(H2,25,31,32). The molecule has 0 spiro atoms. The van der Waals surface area contributed by atoms with Crippen LogP contribution in [0.5, 0.6) is 5.75 Å². The van der Waals surface area contributed by atoms with Gasteiger partial charge in [-0.2, -0.15) is 0 Å². The zero-order valence-corrected chi connectivity index (χ0v) is 20.4. The molecule has 34 heavy (non-hydrogen) atoms. The number of unbranched alkanes of at least 4 members (excludes halogenated alkanes) is 1. The number of hydrogen-bond acceptors (Lipinski definition) is 7. The van der Waals surface area contributed by atoms with Crippen LogP contribution in [-0.2, 0) is 10.0 Å². The zero-order chi connectivity index (χ0) is 24.5. The van der Waals surface area contributed by atoms with Crippen LogP contribution in [0.1, 0.15) is 33.6 Å². The first-order valence-electron chi connectivity index (χ1n) is 11.0. The molecule has 2 aliphatic rings. The van der Waals surface area contributed by atoms with Crippen LogP contribution in [0, 0.1) is 0 Å². The third-order valence-electron chi connectivity index (χ3n) is 6.23. The Balaban J connectivity index is 1.27. The zero-order valence-electron chi connectivity index (χ0n) is 18.9. The predicted molar refractivity (Wildman–Crippen MR) is 129 cm³/mol. The molecule has 2 aromatic carbocycles. The van der Waals surface area contributed by atoms with E-state index < -0.39 is 21.8 Å². The average molecular weight is 507 g/mol. The normalized spacial score (nSPS) is 16.8. The molecule has 9 nitrogen and oxygen atoms in total. The van der Waals surface area contributed by atoms with Gasteiger partial charge in [0.1, 0.15) is 10.6 Å².